The second-order valence-corrected chi connectivity index (χ2v) is 6.99. The Kier molecular flexibility index (Phi) is 6.26. The van der Waals surface area contributed by atoms with E-state index in [1.807, 2.05) is 31.2 Å². The van der Waals surface area contributed by atoms with Crippen molar-refractivity contribution in [3.63, 3.8) is 0 Å². The van der Waals surface area contributed by atoms with Gasteiger partial charge in [0, 0.05) is 25.2 Å². The zero-order valence-electron chi connectivity index (χ0n) is 17.2. The molecule has 1 fully saturated rings. The minimum atomic E-state index is -0.383. The van der Waals surface area contributed by atoms with E-state index in [-0.39, 0.29) is 24.2 Å². The number of ether oxygens (including phenoxy) is 3. The molecular formula is C22H26N2O5. The van der Waals surface area contributed by atoms with Crippen LogP contribution in [0, 0.1) is 12.8 Å². The third-order valence-corrected chi connectivity index (χ3v) is 5.03. The maximum Gasteiger partial charge on any atom is 0.227 e. The summed E-state index contributed by atoms with van der Waals surface area (Å²) in [4.78, 5) is 26.7. The van der Waals surface area contributed by atoms with Crippen LogP contribution in [0.5, 0.6) is 17.2 Å². The van der Waals surface area contributed by atoms with Gasteiger partial charge in [-0.15, -0.1) is 0 Å². The van der Waals surface area contributed by atoms with E-state index in [0.717, 1.165) is 16.8 Å². The summed E-state index contributed by atoms with van der Waals surface area (Å²) in [5, 5.41) is 2.91. The van der Waals surface area contributed by atoms with Crippen LogP contribution in [0.2, 0.25) is 0 Å². The lowest BCUT2D eigenvalue weighted by atomic mass is 10.1. The largest absolute Gasteiger partial charge is 0.493 e. The van der Waals surface area contributed by atoms with Crippen molar-refractivity contribution in [1.29, 1.82) is 0 Å². The summed E-state index contributed by atoms with van der Waals surface area (Å²) < 4.78 is 16.0. The lowest BCUT2D eigenvalue weighted by Crippen LogP contribution is -2.32. The standard InChI is InChI=1S/C22H26N2O5/c1-14-5-7-17(8-6-14)24-13-16(11-20(24)25)22(26)23-12-15-9-18(27-2)21(29-4)19(10-15)28-3/h5-10,16H,11-13H2,1-4H3,(H,23,26)/t16-/m0/s1. The van der Waals surface area contributed by atoms with E-state index in [9.17, 15) is 9.59 Å². The van der Waals surface area contributed by atoms with Crippen LogP contribution >= 0.6 is 0 Å². The smallest absolute Gasteiger partial charge is 0.227 e. The van der Waals surface area contributed by atoms with Crippen molar-refractivity contribution in [1.82, 2.24) is 5.32 Å². The van der Waals surface area contributed by atoms with Crippen LogP contribution in [0.15, 0.2) is 36.4 Å². The predicted molar refractivity (Wildman–Crippen MR) is 110 cm³/mol. The summed E-state index contributed by atoms with van der Waals surface area (Å²) in [7, 11) is 4.63. The average Bonchev–Trinajstić information content (AvgIpc) is 3.13. The Morgan fingerprint density at radius 1 is 1.07 bits per heavy atom. The zero-order valence-corrected chi connectivity index (χ0v) is 17.2. The number of carbonyl (C=O) groups excluding carboxylic acids is 2. The van der Waals surface area contributed by atoms with Gasteiger partial charge in [-0.25, -0.2) is 0 Å². The highest BCUT2D eigenvalue weighted by molar-refractivity contribution is 6.00. The minimum Gasteiger partial charge on any atom is -0.493 e. The molecule has 1 saturated heterocycles. The van der Waals surface area contributed by atoms with Gasteiger partial charge in [0.25, 0.3) is 0 Å². The van der Waals surface area contributed by atoms with Crippen molar-refractivity contribution in [3.8, 4) is 17.2 Å². The van der Waals surface area contributed by atoms with Gasteiger partial charge in [0.05, 0.1) is 27.2 Å². The molecule has 1 aliphatic heterocycles. The molecule has 29 heavy (non-hydrogen) atoms. The number of rotatable bonds is 7. The van der Waals surface area contributed by atoms with Crippen LogP contribution in [-0.2, 0) is 16.1 Å². The molecule has 0 spiro atoms. The summed E-state index contributed by atoms with van der Waals surface area (Å²) in [5.74, 6) is 0.977. The number of methoxy groups -OCH3 is 3. The van der Waals surface area contributed by atoms with Crippen LogP contribution in [0.4, 0.5) is 5.69 Å². The van der Waals surface area contributed by atoms with Crippen molar-refractivity contribution in [2.45, 2.75) is 19.9 Å². The van der Waals surface area contributed by atoms with E-state index in [1.165, 1.54) is 0 Å². The fourth-order valence-corrected chi connectivity index (χ4v) is 3.43. The Morgan fingerprint density at radius 2 is 1.69 bits per heavy atom. The third kappa shape index (κ3) is 4.45. The van der Waals surface area contributed by atoms with Crippen LogP contribution in [-0.4, -0.2) is 39.7 Å². The molecule has 1 N–H and O–H groups in total. The molecule has 0 aliphatic carbocycles. The molecule has 2 amide bonds. The van der Waals surface area contributed by atoms with Gasteiger partial charge in [-0.2, -0.15) is 0 Å². The fraction of sp³-hybridized carbons (Fsp3) is 0.364. The third-order valence-electron chi connectivity index (χ3n) is 5.03. The number of carbonyl (C=O) groups is 2. The summed E-state index contributed by atoms with van der Waals surface area (Å²) >= 11 is 0. The van der Waals surface area contributed by atoms with Gasteiger partial charge in [0.2, 0.25) is 17.6 Å². The van der Waals surface area contributed by atoms with E-state index in [1.54, 1.807) is 38.4 Å². The molecule has 7 nitrogen and oxygen atoms in total. The van der Waals surface area contributed by atoms with Crippen molar-refractivity contribution >= 4 is 17.5 Å². The van der Waals surface area contributed by atoms with Crippen LogP contribution in [0.3, 0.4) is 0 Å². The molecule has 0 aromatic heterocycles. The van der Waals surface area contributed by atoms with Gasteiger partial charge in [0.15, 0.2) is 11.5 Å². The van der Waals surface area contributed by atoms with Crippen LogP contribution in [0.1, 0.15) is 17.5 Å². The van der Waals surface area contributed by atoms with E-state index in [2.05, 4.69) is 5.32 Å². The maximum atomic E-state index is 12.7. The quantitative estimate of drug-likeness (QED) is 0.776. The van der Waals surface area contributed by atoms with Crippen LogP contribution < -0.4 is 24.4 Å². The number of aryl methyl sites for hydroxylation is 1. The maximum absolute atomic E-state index is 12.7. The molecule has 0 unspecified atom stereocenters. The molecule has 0 bridgehead atoms. The molecule has 7 heteroatoms. The van der Waals surface area contributed by atoms with E-state index in [0.29, 0.717) is 30.3 Å². The molecule has 1 atom stereocenters. The number of hydrogen-bond donors (Lipinski definition) is 1. The Hall–Kier alpha value is -3.22. The van der Waals surface area contributed by atoms with Crippen molar-refractivity contribution in [2.75, 3.05) is 32.8 Å². The normalized spacial score (nSPS) is 15.9. The van der Waals surface area contributed by atoms with Crippen molar-refractivity contribution in [2.24, 2.45) is 5.92 Å². The SMILES string of the molecule is COc1cc(CNC(=O)[C@H]2CC(=O)N(c3ccc(C)cc3)C2)cc(OC)c1OC. The molecule has 0 saturated carbocycles. The molecule has 154 valence electrons. The summed E-state index contributed by atoms with van der Waals surface area (Å²) in [6, 6.07) is 11.3. The number of nitrogens with one attached hydrogen (secondary N) is 1. The number of amides is 2. The lowest BCUT2D eigenvalue weighted by molar-refractivity contribution is -0.126. The monoisotopic (exact) mass is 398 g/mol. The Balaban J connectivity index is 1.65. The molecule has 1 heterocycles. The Bertz CT molecular complexity index is 870. The first-order valence-electron chi connectivity index (χ1n) is 9.40. The van der Waals surface area contributed by atoms with Gasteiger partial charge in [-0.1, -0.05) is 17.7 Å². The Labute approximate surface area is 170 Å². The average molecular weight is 398 g/mol. The number of hydrogen-bond acceptors (Lipinski definition) is 5. The van der Waals surface area contributed by atoms with Crippen molar-refractivity contribution in [3.05, 3.63) is 47.5 Å². The predicted octanol–water partition coefficient (Wildman–Crippen LogP) is 2.69. The summed E-state index contributed by atoms with van der Waals surface area (Å²) in [5.41, 5.74) is 2.76. The second kappa shape index (κ2) is 8.86. The van der Waals surface area contributed by atoms with Crippen molar-refractivity contribution < 1.29 is 23.8 Å². The molecule has 3 rings (SSSR count). The van der Waals surface area contributed by atoms with Gasteiger partial charge in [0.1, 0.15) is 0 Å². The van der Waals surface area contributed by atoms with Gasteiger partial charge in [-0.3, -0.25) is 9.59 Å². The summed E-state index contributed by atoms with van der Waals surface area (Å²) in [6.07, 6.45) is 0.203. The summed E-state index contributed by atoms with van der Waals surface area (Å²) in [6.45, 7) is 2.67. The molecule has 2 aromatic carbocycles. The minimum absolute atomic E-state index is 0.0400. The van der Waals surface area contributed by atoms with E-state index in [4.69, 9.17) is 14.2 Å². The topological polar surface area (TPSA) is 77.1 Å². The molecule has 0 radical (unpaired) electrons. The first-order valence-corrected chi connectivity index (χ1v) is 9.40. The first kappa shape index (κ1) is 20.5. The molecular weight excluding hydrogens is 372 g/mol. The highest BCUT2D eigenvalue weighted by Crippen LogP contribution is 2.38. The lowest BCUT2D eigenvalue weighted by Gasteiger charge is -2.17. The first-order chi connectivity index (χ1) is 14.0. The fourth-order valence-electron chi connectivity index (χ4n) is 3.43. The highest BCUT2D eigenvalue weighted by atomic mass is 16.5. The number of nitrogens with zero attached hydrogens (tertiary/aromatic N) is 1. The molecule has 1 aliphatic rings. The second-order valence-electron chi connectivity index (χ2n) is 6.99. The Morgan fingerprint density at radius 3 is 2.24 bits per heavy atom. The number of anilines is 1. The van der Waals surface area contributed by atoms with Gasteiger partial charge >= 0.3 is 0 Å². The highest BCUT2D eigenvalue weighted by Gasteiger charge is 2.35. The number of benzene rings is 2. The van der Waals surface area contributed by atoms with Gasteiger partial charge in [-0.05, 0) is 36.8 Å². The van der Waals surface area contributed by atoms with Gasteiger partial charge < -0.3 is 24.4 Å². The van der Waals surface area contributed by atoms with E-state index < -0.39 is 0 Å². The van der Waals surface area contributed by atoms with E-state index >= 15 is 0 Å². The van der Waals surface area contributed by atoms with Crippen LogP contribution in [0.25, 0.3) is 0 Å². The molecule has 2 aromatic rings. The zero-order chi connectivity index (χ0) is 21.0.